The minimum Gasteiger partial charge on any atom is -0.459 e. The molecule has 0 radical (unpaired) electrons. The van der Waals surface area contributed by atoms with Crippen LogP contribution in [-0.4, -0.2) is 60.6 Å². The Balaban J connectivity index is 1.49. The highest BCUT2D eigenvalue weighted by molar-refractivity contribution is 7.98. The van der Waals surface area contributed by atoms with Crippen LogP contribution in [0.5, 0.6) is 0 Å². The fourth-order valence-electron chi connectivity index (χ4n) is 4.02. The number of fused-ring (bicyclic) bond motifs is 1. The number of hydrogen-bond acceptors (Lipinski definition) is 5. The van der Waals surface area contributed by atoms with Gasteiger partial charge in [-0.05, 0) is 62.2 Å². The lowest BCUT2D eigenvalue weighted by atomic mass is 10.2. The first-order valence-electron chi connectivity index (χ1n) is 11.1. The maximum Gasteiger partial charge on any atom is 0.174 e. The molecule has 7 heteroatoms. The standard InChI is InChI=1S/C25H31N3O2S2/c1-19(24-17-20-7-3-4-10-23(20)30-24)28(12-6-11-27-13-15-29-16-14-27)25(31)26-21-8-5-9-22(18-21)32-2/h3-5,7-10,17-19H,6,11-16H2,1-2H3,(H,26,31)/t19-/m0/s1. The summed E-state index contributed by atoms with van der Waals surface area (Å²) in [4.78, 5) is 5.92. The van der Waals surface area contributed by atoms with Gasteiger partial charge in [-0.1, -0.05) is 24.3 Å². The topological polar surface area (TPSA) is 40.9 Å². The van der Waals surface area contributed by atoms with Gasteiger partial charge in [-0.3, -0.25) is 4.90 Å². The number of thiocarbonyl (C=S) groups is 1. The molecule has 0 saturated carbocycles. The third-order valence-corrected chi connectivity index (χ3v) is 6.94. The van der Waals surface area contributed by atoms with E-state index in [9.17, 15) is 0 Å². The number of nitrogens with one attached hydrogen (secondary N) is 1. The van der Waals surface area contributed by atoms with E-state index in [4.69, 9.17) is 21.4 Å². The van der Waals surface area contributed by atoms with Gasteiger partial charge < -0.3 is 19.4 Å². The highest BCUT2D eigenvalue weighted by atomic mass is 32.2. The minimum absolute atomic E-state index is 0.0239. The fourth-order valence-corrected chi connectivity index (χ4v) is 4.85. The third kappa shape index (κ3) is 5.84. The van der Waals surface area contributed by atoms with Gasteiger partial charge in [-0.15, -0.1) is 11.8 Å². The largest absolute Gasteiger partial charge is 0.459 e. The number of morpholine rings is 1. The average molecular weight is 470 g/mol. The van der Waals surface area contributed by atoms with E-state index < -0.39 is 0 Å². The lowest BCUT2D eigenvalue weighted by Gasteiger charge is -2.32. The van der Waals surface area contributed by atoms with Crippen molar-refractivity contribution in [3.8, 4) is 0 Å². The molecule has 0 bridgehead atoms. The Morgan fingerprint density at radius 3 is 2.75 bits per heavy atom. The van der Waals surface area contributed by atoms with Gasteiger partial charge in [-0.25, -0.2) is 0 Å². The number of benzene rings is 2. The molecule has 0 amide bonds. The molecule has 1 atom stereocenters. The van der Waals surface area contributed by atoms with E-state index in [2.05, 4.69) is 64.7 Å². The van der Waals surface area contributed by atoms with E-state index >= 15 is 0 Å². The van der Waals surface area contributed by atoms with Gasteiger partial charge in [0.05, 0.1) is 19.3 Å². The molecular formula is C25H31N3O2S2. The van der Waals surface area contributed by atoms with Crippen molar-refractivity contribution in [1.82, 2.24) is 9.80 Å². The molecule has 1 aliphatic heterocycles. The zero-order chi connectivity index (χ0) is 22.3. The number of furan rings is 1. The molecule has 5 nitrogen and oxygen atoms in total. The van der Waals surface area contributed by atoms with Crippen molar-refractivity contribution >= 4 is 45.7 Å². The van der Waals surface area contributed by atoms with Crippen LogP contribution in [0.2, 0.25) is 0 Å². The number of rotatable bonds is 8. The van der Waals surface area contributed by atoms with Gasteiger partial charge in [-0.2, -0.15) is 0 Å². The molecule has 1 aliphatic rings. The number of anilines is 1. The first-order chi connectivity index (χ1) is 15.6. The van der Waals surface area contributed by atoms with Crippen LogP contribution < -0.4 is 5.32 Å². The summed E-state index contributed by atoms with van der Waals surface area (Å²) in [7, 11) is 0. The van der Waals surface area contributed by atoms with Gasteiger partial charge in [0.1, 0.15) is 11.3 Å². The molecule has 4 rings (SSSR count). The Morgan fingerprint density at radius 1 is 1.16 bits per heavy atom. The van der Waals surface area contributed by atoms with Crippen LogP contribution in [0.1, 0.15) is 25.1 Å². The molecule has 1 N–H and O–H groups in total. The molecule has 0 spiro atoms. The lowest BCUT2D eigenvalue weighted by molar-refractivity contribution is 0.0365. The zero-order valence-electron chi connectivity index (χ0n) is 18.8. The summed E-state index contributed by atoms with van der Waals surface area (Å²) in [6.07, 6.45) is 3.11. The summed E-state index contributed by atoms with van der Waals surface area (Å²) >= 11 is 7.62. The van der Waals surface area contributed by atoms with Crippen LogP contribution in [0.15, 0.2) is 63.9 Å². The molecule has 170 valence electrons. The summed E-state index contributed by atoms with van der Waals surface area (Å²) in [5, 5.41) is 5.30. The van der Waals surface area contributed by atoms with Gasteiger partial charge in [0.15, 0.2) is 5.11 Å². The Hall–Kier alpha value is -2.06. The first kappa shape index (κ1) is 23.1. The Kier molecular flexibility index (Phi) is 8.08. The molecule has 2 heterocycles. The second-order valence-corrected chi connectivity index (χ2v) is 9.29. The monoisotopic (exact) mass is 469 g/mol. The average Bonchev–Trinajstić information content (AvgIpc) is 3.26. The normalized spacial score (nSPS) is 15.6. The SMILES string of the molecule is CSc1cccc(NC(=S)N(CCCN2CCOCC2)[C@@H](C)c2cc3ccccc3o2)c1. The van der Waals surface area contributed by atoms with Crippen molar-refractivity contribution in [3.05, 3.63) is 60.4 Å². The Bertz CT molecular complexity index is 1000. The van der Waals surface area contributed by atoms with Gasteiger partial charge in [0.25, 0.3) is 0 Å². The molecule has 0 unspecified atom stereocenters. The lowest BCUT2D eigenvalue weighted by Crippen LogP contribution is -2.41. The van der Waals surface area contributed by atoms with Gasteiger partial charge in [0, 0.05) is 42.1 Å². The third-order valence-electron chi connectivity index (χ3n) is 5.88. The van der Waals surface area contributed by atoms with Crippen molar-refractivity contribution in [2.24, 2.45) is 0 Å². The van der Waals surface area contributed by atoms with Crippen molar-refractivity contribution in [2.75, 3.05) is 51.0 Å². The van der Waals surface area contributed by atoms with Gasteiger partial charge in [0.2, 0.25) is 0 Å². The van der Waals surface area contributed by atoms with E-state index in [1.807, 2.05) is 18.2 Å². The summed E-state index contributed by atoms with van der Waals surface area (Å²) < 4.78 is 11.7. The second kappa shape index (κ2) is 11.2. The molecule has 32 heavy (non-hydrogen) atoms. The molecule has 0 aliphatic carbocycles. The number of para-hydroxylation sites is 1. The minimum atomic E-state index is 0.0239. The van der Waals surface area contributed by atoms with Crippen molar-refractivity contribution < 1.29 is 9.15 Å². The maximum atomic E-state index is 6.18. The zero-order valence-corrected chi connectivity index (χ0v) is 20.4. The predicted octanol–water partition coefficient (Wildman–Crippen LogP) is 5.64. The van der Waals surface area contributed by atoms with Crippen LogP contribution >= 0.6 is 24.0 Å². The van der Waals surface area contributed by atoms with E-state index in [0.29, 0.717) is 0 Å². The predicted molar refractivity (Wildman–Crippen MR) is 138 cm³/mol. The molecule has 3 aromatic rings. The highest BCUT2D eigenvalue weighted by Gasteiger charge is 2.23. The fraction of sp³-hybridized carbons (Fsp3) is 0.400. The molecule has 1 aromatic heterocycles. The summed E-state index contributed by atoms with van der Waals surface area (Å²) in [5.41, 5.74) is 1.92. The van der Waals surface area contributed by atoms with Crippen LogP contribution in [0.25, 0.3) is 11.0 Å². The van der Waals surface area contributed by atoms with E-state index in [-0.39, 0.29) is 6.04 Å². The first-order valence-corrected chi connectivity index (χ1v) is 12.8. The van der Waals surface area contributed by atoms with Crippen LogP contribution in [0, 0.1) is 0 Å². The summed E-state index contributed by atoms with van der Waals surface area (Å²) in [6, 6.07) is 18.7. The van der Waals surface area contributed by atoms with Crippen molar-refractivity contribution in [3.63, 3.8) is 0 Å². The Morgan fingerprint density at radius 2 is 1.97 bits per heavy atom. The smallest absolute Gasteiger partial charge is 0.174 e. The number of ether oxygens (including phenoxy) is 1. The van der Waals surface area contributed by atoms with E-state index in [0.717, 1.165) is 73.3 Å². The Labute approximate surface area is 200 Å². The molecule has 1 fully saturated rings. The highest BCUT2D eigenvalue weighted by Crippen LogP contribution is 2.28. The molecule has 1 saturated heterocycles. The van der Waals surface area contributed by atoms with E-state index in [1.165, 1.54) is 4.90 Å². The molecular weight excluding hydrogens is 438 g/mol. The number of thioether (sulfide) groups is 1. The van der Waals surface area contributed by atoms with Crippen LogP contribution in [-0.2, 0) is 4.74 Å². The number of nitrogens with zero attached hydrogens (tertiary/aromatic N) is 2. The second-order valence-electron chi connectivity index (χ2n) is 8.03. The van der Waals surface area contributed by atoms with Gasteiger partial charge >= 0.3 is 0 Å². The van der Waals surface area contributed by atoms with Crippen LogP contribution in [0.4, 0.5) is 5.69 Å². The summed E-state index contributed by atoms with van der Waals surface area (Å²) in [5.74, 6) is 0.930. The molecule has 2 aromatic carbocycles. The quantitative estimate of drug-likeness (QED) is 0.338. The van der Waals surface area contributed by atoms with Crippen LogP contribution in [0.3, 0.4) is 0 Å². The number of hydrogen-bond donors (Lipinski definition) is 1. The van der Waals surface area contributed by atoms with Crippen molar-refractivity contribution in [1.29, 1.82) is 0 Å². The van der Waals surface area contributed by atoms with E-state index in [1.54, 1.807) is 11.8 Å². The maximum absolute atomic E-state index is 6.18. The summed E-state index contributed by atoms with van der Waals surface area (Å²) in [6.45, 7) is 7.71. The van der Waals surface area contributed by atoms with Crippen molar-refractivity contribution in [2.45, 2.75) is 24.3 Å².